The number of nitrogens with zero attached hydrogens (tertiary/aromatic N) is 1. The number of ether oxygens (including phenoxy) is 2. The zero-order chi connectivity index (χ0) is 13.1. The Morgan fingerprint density at radius 2 is 2.17 bits per heavy atom. The summed E-state index contributed by atoms with van der Waals surface area (Å²) in [4.78, 5) is 15.8. The Morgan fingerprint density at radius 3 is 2.83 bits per heavy atom. The lowest BCUT2D eigenvalue weighted by molar-refractivity contribution is 0.0528. The van der Waals surface area contributed by atoms with E-state index in [-0.39, 0.29) is 0 Å². The van der Waals surface area contributed by atoms with E-state index in [2.05, 4.69) is 4.98 Å². The maximum atomic E-state index is 11.8. The van der Waals surface area contributed by atoms with Crippen molar-refractivity contribution in [3.05, 3.63) is 35.1 Å². The van der Waals surface area contributed by atoms with Crippen molar-refractivity contribution in [1.82, 2.24) is 4.98 Å². The molecule has 0 amide bonds. The first-order valence-electron chi connectivity index (χ1n) is 5.46. The van der Waals surface area contributed by atoms with Gasteiger partial charge in [-0.25, -0.2) is 9.78 Å². The van der Waals surface area contributed by atoms with Crippen molar-refractivity contribution in [2.45, 2.75) is 6.92 Å². The molecule has 2 rings (SSSR count). The number of fused-ring (bicyclic) bond motifs is 1. The van der Waals surface area contributed by atoms with Crippen LogP contribution in [0.3, 0.4) is 0 Å². The molecule has 0 spiro atoms. The number of carbonyl (C=O) groups is 1. The second-order valence-electron chi connectivity index (χ2n) is 3.59. The Hall–Kier alpha value is -1.81. The third-order valence-electron chi connectivity index (χ3n) is 2.54. The molecule has 0 saturated carbocycles. The Morgan fingerprint density at radius 1 is 1.39 bits per heavy atom. The number of benzene rings is 1. The number of pyridine rings is 1. The molecule has 0 fully saturated rings. The highest BCUT2D eigenvalue weighted by molar-refractivity contribution is 6.34. The van der Waals surface area contributed by atoms with Gasteiger partial charge in [-0.2, -0.15) is 0 Å². The second-order valence-corrected chi connectivity index (χ2v) is 3.95. The molecule has 4 nitrogen and oxygen atoms in total. The topological polar surface area (TPSA) is 48.4 Å². The number of hydrogen-bond acceptors (Lipinski definition) is 4. The summed E-state index contributed by atoms with van der Waals surface area (Å²) in [6, 6.07) is 5.28. The summed E-state index contributed by atoms with van der Waals surface area (Å²) in [5, 5.41) is 1.72. The lowest BCUT2D eigenvalue weighted by Gasteiger charge is -2.08. The van der Waals surface area contributed by atoms with Crippen LogP contribution in [-0.2, 0) is 4.74 Å². The van der Waals surface area contributed by atoms with Crippen molar-refractivity contribution < 1.29 is 14.3 Å². The number of aromatic nitrogens is 1. The van der Waals surface area contributed by atoms with Crippen molar-refractivity contribution in [1.29, 1.82) is 0 Å². The van der Waals surface area contributed by atoms with Gasteiger partial charge in [0.15, 0.2) is 0 Å². The molecule has 0 aliphatic heterocycles. The van der Waals surface area contributed by atoms with E-state index in [0.29, 0.717) is 33.8 Å². The number of rotatable bonds is 3. The van der Waals surface area contributed by atoms with E-state index in [4.69, 9.17) is 21.1 Å². The van der Waals surface area contributed by atoms with Gasteiger partial charge in [0.25, 0.3) is 0 Å². The molecule has 1 aromatic carbocycles. The number of carbonyl (C=O) groups excluding carboxylic acids is 1. The highest BCUT2D eigenvalue weighted by Gasteiger charge is 2.14. The van der Waals surface area contributed by atoms with Gasteiger partial charge in [-0.15, -0.1) is 0 Å². The number of hydrogen-bond donors (Lipinski definition) is 0. The van der Waals surface area contributed by atoms with E-state index >= 15 is 0 Å². The highest BCUT2D eigenvalue weighted by atomic mass is 35.5. The average molecular weight is 266 g/mol. The zero-order valence-electron chi connectivity index (χ0n) is 10.1. The van der Waals surface area contributed by atoms with Gasteiger partial charge in [-0.1, -0.05) is 11.6 Å². The summed E-state index contributed by atoms with van der Waals surface area (Å²) in [5.41, 5.74) is 0.384. The second kappa shape index (κ2) is 5.23. The molecule has 0 aliphatic rings. The minimum atomic E-state index is -0.417. The van der Waals surface area contributed by atoms with Gasteiger partial charge in [0.05, 0.1) is 19.3 Å². The number of methoxy groups -OCH3 is 1. The van der Waals surface area contributed by atoms with Crippen molar-refractivity contribution in [2.24, 2.45) is 0 Å². The third-order valence-corrected chi connectivity index (χ3v) is 2.84. The first kappa shape index (κ1) is 12.6. The van der Waals surface area contributed by atoms with E-state index in [0.717, 1.165) is 0 Å². The van der Waals surface area contributed by atoms with E-state index in [1.54, 1.807) is 32.2 Å². The maximum absolute atomic E-state index is 11.8. The van der Waals surface area contributed by atoms with Crippen LogP contribution in [-0.4, -0.2) is 24.7 Å². The van der Waals surface area contributed by atoms with Crippen molar-refractivity contribution >= 4 is 28.3 Å². The van der Waals surface area contributed by atoms with Crippen LogP contribution >= 0.6 is 11.6 Å². The fourth-order valence-electron chi connectivity index (χ4n) is 1.68. The molecule has 0 atom stereocenters. The van der Waals surface area contributed by atoms with Crippen molar-refractivity contribution in [2.75, 3.05) is 13.7 Å². The van der Waals surface area contributed by atoms with E-state index in [9.17, 15) is 4.79 Å². The zero-order valence-corrected chi connectivity index (χ0v) is 10.8. The summed E-state index contributed by atoms with van der Waals surface area (Å²) in [6.45, 7) is 2.07. The molecule has 0 saturated heterocycles. The smallest absolute Gasteiger partial charge is 0.340 e. The largest absolute Gasteiger partial charge is 0.497 e. The van der Waals surface area contributed by atoms with Gasteiger partial charge in [0, 0.05) is 17.0 Å². The van der Waals surface area contributed by atoms with Gasteiger partial charge < -0.3 is 9.47 Å². The van der Waals surface area contributed by atoms with Crippen LogP contribution in [0.1, 0.15) is 17.3 Å². The first-order chi connectivity index (χ1) is 8.67. The Kier molecular flexibility index (Phi) is 3.67. The SMILES string of the molecule is CCOC(=O)c1cnc(Cl)c2ccc(OC)cc12. The van der Waals surface area contributed by atoms with Crippen LogP contribution in [0.15, 0.2) is 24.4 Å². The van der Waals surface area contributed by atoms with Gasteiger partial charge >= 0.3 is 5.97 Å². The standard InChI is InChI=1S/C13H12ClNO3/c1-3-18-13(16)11-7-15-12(14)9-5-4-8(17-2)6-10(9)11/h4-7H,3H2,1-2H3. The molecule has 0 bridgehead atoms. The van der Waals surface area contributed by atoms with Crippen LogP contribution < -0.4 is 4.74 Å². The van der Waals surface area contributed by atoms with Gasteiger partial charge in [0.2, 0.25) is 0 Å². The summed E-state index contributed by atoms with van der Waals surface area (Å²) >= 11 is 6.00. The molecule has 1 heterocycles. The Balaban J connectivity index is 2.66. The molecule has 18 heavy (non-hydrogen) atoms. The summed E-state index contributed by atoms with van der Waals surface area (Å²) < 4.78 is 10.1. The minimum absolute atomic E-state index is 0.312. The average Bonchev–Trinajstić information content (AvgIpc) is 2.39. The van der Waals surface area contributed by atoms with Crippen LogP contribution in [0.2, 0.25) is 5.15 Å². The fraction of sp³-hybridized carbons (Fsp3) is 0.231. The number of esters is 1. The lowest BCUT2D eigenvalue weighted by atomic mass is 10.1. The molecule has 0 N–H and O–H groups in total. The predicted octanol–water partition coefficient (Wildman–Crippen LogP) is 3.07. The first-order valence-corrected chi connectivity index (χ1v) is 5.84. The summed E-state index contributed by atoms with van der Waals surface area (Å²) in [5.74, 6) is 0.232. The normalized spacial score (nSPS) is 10.4. The van der Waals surface area contributed by atoms with Gasteiger partial charge in [0.1, 0.15) is 10.9 Å². The molecule has 1 aromatic heterocycles. The van der Waals surface area contributed by atoms with Crippen molar-refractivity contribution in [3.63, 3.8) is 0 Å². The molecular formula is C13H12ClNO3. The minimum Gasteiger partial charge on any atom is -0.497 e. The third kappa shape index (κ3) is 2.24. The molecule has 0 radical (unpaired) electrons. The lowest BCUT2D eigenvalue weighted by Crippen LogP contribution is -2.06. The maximum Gasteiger partial charge on any atom is 0.340 e. The monoisotopic (exact) mass is 265 g/mol. The van der Waals surface area contributed by atoms with Crippen LogP contribution in [0, 0.1) is 0 Å². The van der Waals surface area contributed by atoms with Gasteiger partial charge in [-0.3, -0.25) is 0 Å². The molecule has 0 aliphatic carbocycles. The molecule has 2 aromatic rings. The van der Waals surface area contributed by atoms with Crippen molar-refractivity contribution in [3.8, 4) is 5.75 Å². The molecule has 5 heteroatoms. The molecular weight excluding hydrogens is 254 g/mol. The summed E-state index contributed by atoms with van der Waals surface area (Å²) in [6.07, 6.45) is 1.42. The highest BCUT2D eigenvalue weighted by Crippen LogP contribution is 2.28. The van der Waals surface area contributed by atoms with Crippen LogP contribution in [0.25, 0.3) is 10.8 Å². The van der Waals surface area contributed by atoms with E-state index < -0.39 is 5.97 Å². The molecule has 94 valence electrons. The fourth-order valence-corrected chi connectivity index (χ4v) is 1.90. The Labute approximate surface area is 109 Å². The summed E-state index contributed by atoms with van der Waals surface area (Å²) in [7, 11) is 1.56. The van der Waals surface area contributed by atoms with E-state index in [1.807, 2.05) is 0 Å². The Bertz CT molecular complexity index is 598. The predicted molar refractivity (Wildman–Crippen MR) is 69.3 cm³/mol. The van der Waals surface area contributed by atoms with Crippen LogP contribution in [0.5, 0.6) is 5.75 Å². The van der Waals surface area contributed by atoms with Gasteiger partial charge in [-0.05, 0) is 25.1 Å². The number of halogens is 1. The molecule has 0 unspecified atom stereocenters. The van der Waals surface area contributed by atoms with E-state index in [1.165, 1.54) is 6.20 Å². The van der Waals surface area contributed by atoms with Crippen LogP contribution in [0.4, 0.5) is 0 Å². The quantitative estimate of drug-likeness (QED) is 0.632.